The average Bonchev–Trinajstić information content (AvgIpc) is 2.76. The molecule has 2 fully saturated rings. The molecule has 0 spiro atoms. The minimum atomic E-state index is 0.264. The van der Waals surface area contributed by atoms with Gasteiger partial charge in [-0.15, -0.1) is 0 Å². The van der Waals surface area contributed by atoms with Crippen molar-refractivity contribution >= 4 is 5.91 Å². The minimum Gasteiger partial charge on any atom is -0.343 e. The Hall–Kier alpha value is -0.570. The van der Waals surface area contributed by atoms with Crippen LogP contribution in [-0.2, 0) is 4.79 Å². The highest BCUT2D eigenvalue weighted by Gasteiger charge is 2.32. The Morgan fingerprint density at radius 2 is 2.00 bits per heavy atom. The van der Waals surface area contributed by atoms with Crippen molar-refractivity contribution in [2.24, 2.45) is 17.1 Å². The van der Waals surface area contributed by atoms with Crippen LogP contribution in [0.5, 0.6) is 0 Å². The molecule has 3 nitrogen and oxygen atoms in total. The monoisotopic (exact) mass is 252 g/mol. The quantitative estimate of drug-likeness (QED) is 0.839. The summed E-state index contributed by atoms with van der Waals surface area (Å²) in [4.78, 5) is 14.3. The Labute approximate surface area is 111 Å². The molecule has 2 N–H and O–H groups in total. The Morgan fingerprint density at radius 1 is 1.33 bits per heavy atom. The number of nitrogens with zero attached hydrogens (tertiary/aromatic N) is 1. The number of nitrogens with two attached hydrogens (primary N) is 1. The molecular weight excluding hydrogens is 224 g/mol. The van der Waals surface area contributed by atoms with Crippen molar-refractivity contribution < 1.29 is 4.79 Å². The molecule has 1 amide bonds. The lowest BCUT2D eigenvalue weighted by molar-refractivity contribution is -0.134. The number of hydrogen-bond acceptors (Lipinski definition) is 2. The third kappa shape index (κ3) is 3.05. The fourth-order valence-electron chi connectivity index (χ4n) is 3.32. The lowest BCUT2D eigenvalue weighted by atomic mass is 9.78. The third-order valence-corrected chi connectivity index (χ3v) is 5.33. The summed E-state index contributed by atoms with van der Waals surface area (Å²) in [5.41, 5.74) is 6.51. The van der Waals surface area contributed by atoms with Crippen molar-refractivity contribution in [1.29, 1.82) is 0 Å². The van der Waals surface area contributed by atoms with Crippen molar-refractivity contribution in [3.63, 3.8) is 0 Å². The van der Waals surface area contributed by atoms with Crippen molar-refractivity contribution in [1.82, 2.24) is 4.90 Å². The smallest absolute Gasteiger partial charge is 0.222 e. The molecule has 1 aliphatic carbocycles. The summed E-state index contributed by atoms with van der Waals surface area (Å²) in [6, 6.07) is 0.264. The lowest BCUT2D eigenvalue weighted by Crippen LogP contribution is -2.43. The molecule has 0 radical (unpaired) electrons. The van der Waals surface area contributed by atoms with Crippen LogP contribution in [0.25, 0.3) is 0 Å². The molecular formula is C15H28N2O. The van der Waals surface area contributed by atoms with Gasteiger partial charge in [-0.1, -0.05) is 26.7 Å². The SMILES string of the molecule is CCC1(C)CCN(C(=O)C[C@@H]2CCC[C@H]2N)CC1. The van der Waals surface area contributed by atoms with Crippen LogP contribution >= 0.6 is 0 Å². The number of carbonyl (C=O) groups excluding carboxylic acids is 1. The summed E-state index contributed by atoms with van der Waals surface area (Å²) < 4.78 is 0. The van der Waals surface area contributed by atoms with Gasteiger partial charge in [-0.2, -0.15) is 0 Å². The largest absolute Gasteiger partial charge is 0.343 e. The summed E-state index contributed by atoms with van der Waals surface area (Å²) in [6.45, 7) is 6.51. The highest BCUT2D eigenvalue weighted by Crippen LogP contribution is 2.35. The second-order valence-corrected chi connectivity index (χ2v) is 6.60. The predicted octanol–water partition coefficient (Wildman–Crippen LogP) is 2.54. The van der Waals surface area contributed by atoms with Gasteiger partial charge in [-0.05, 0) is 37.0 Å². The molecule has 3 heteroatoms. The van der Waals surface area contributed by atoms with Crippen molar-refractivity contribution in [2.75, 3.05) is 13.1 Å². The summed E-state index contributed by atoms with van der Waals surface area (Å²) in [5, 5.41) is 0. The van der Waals surface area contributed by atoms with Crippen LogP contribution in [0.15, 0.2) is 0 Å². The molecule has 1 heterocycles. The van der Waals surface area contributed by atoms with E-state index in [-0.39, 0.29) is 6.04 Å². The van der Waals surface area contributed by atoms with E-state index < -0.39 is 0 Å². The maximum absolute atomic E-state index is 12.3. The summed E-state index contributed by atoms with van der Waals surface area (Å²) in [5.74, 6) is 0.785. The zero-order valence-electron chi connectivity index (χ0n) is 12.0. The topological polar surface area (TPSA) is 46.3 Å². The van der Waals surface area contributed by atoms with Crippen molar-refractivity contribution in [3.8, 4) is 0 Å². The first kappa shape index (κ1) is 13.9. The number of piperidine rings is 1. The second-order valence-electron chi connectivity index (χ2n) is 6.60. The number of rotatable bonds is 3. The van der Waals surface area contributed by atoms with E-state index in [1.807, 2.05) is 0 Å². The molecule has 1 aliphatic heterocycles. The van der Waals surface area contributed by atoms with Crippen LogP contribution in [0.3, 0.4) is 0 Å². The minimum absolute atomic E-state index is 0.264. The molecule has 18 heavy (non-hydrogen) atoms. The van der Waals surface area contributed by atoms with Crippen LogP contribution in [-0.4, -0.2) is 29.9 Å². The summed E-state index contributed by atoms with van der Waals surface area (Å²) in [6.07, 6.45) is 7.68. The van der Waals surface area contributed by atoms with Crippen molar-refractivity contribution in [2.45, 2.75) is 64.8 Å². The molecule has 0 bridgehead atoms. The molecule has 1 saturated carbocycles. The number of likely N-dealkylation sites (tertiary alicyclic amines) is 1. The van der Waals surface area contributed by atoms with E-state index in [2.05, 4.69) is 18.7 Å². The highest BCUT2D eigenvalue weighted by molar-refractivity contribution is 5.76. The van der Waals surface area contributed by atoms with E-state index in [1.165, 1.54) is 12.8 Å². The fourth-order valence-corrected chi connectivity index (χ4v) is 3.32. The molecule has 0 aromatic heterocycles. The van der Waals surface area contributed by atoms with Crippen LogP contribution in [0.2, 0.25) is 0 Å². The van der Waals surface area contributed by atoms with E-state index in [4.69, 9.17) is 5.73 Å². The van der Waals surface area contributed by atoms with Gasteiger partial charge in [-0.25, -0.2) is 0 Å². The zero-order chi connectivity index (χ0) is 13.2. The maximum Gasteiger partial charge on any atom is 0.222 e. The number of carbonyl (C=O) groups is 1. The van der Waals surface area contributed by atoms with E-state index in [1.54, 1.807) is 0 Å². The van der Waals surface area contributed by atoms with Crippen LogP contribution < -0.4 is 5.73 Å². The molecule has 0 unspecified atom stereocenters. The first-order valence-corrected chi connectivity index (χ1v) is 7.57. The fraction of sp³-hybridized carbons (Fsp3) is 0.933. The van der Waals surface area contributed by atoms with Gasteiger partial charge in [0, 0.05) is 25.6 Å². The second kappa shape index (κ2) is 5.60. The molecule has 2 aliphatic rings. The molecule has 1 saturated heterocycles. The molecule has 104 valence electrons. The summed E-state index contributed by atoms with van der Waals surface area (Å²) in [7, 11) is 0. The predicted molar refractivity (Wildman–Crippen MR) is 74.1 cm³/mol. The Bertz CT molecular complexity index is 295. The molecule has 2 rings (SSSR count). The van der Waals surface area contributed by atoms with Gasteiger partial charge in [0.25, 0.3) is 0 Å². The molecule has 2 atom stereocenters. The Kier molecular flexibility index (Phi) is 4.31. The normalized spacial score (nSPS) is 31.6. The molecule has 0 aromatic carbocycles. The van der Waals surface area contributed by atoms with Crippen molar-refractivity contribution in [3.05, 3.63) is 0 Å². The number of hydrogen-bond donors (Lipinski definition) is 1. The number of amides is 1. The van der Waals surface area contributed by atoms with E-state index >= 15 is 0 Å². The van der Waals surface area contributed by atoms with Gasteiger partial charge >= 0.3 is 0 Å². The maximum atomic E-state index is 12.3. The van der Waals surface area contributed by atoms with Crippen LogP contribution in [0, 0.1) is 11.3 Å². The van der Waals surface area contributed by atoms with E-state index in [0.717, 1.165) is 38.8 Å². The Morgan fingerprint density at radius 3 is 2.50 bits per heavy atom. The van der Waals surface area contributed by atoms with E-state index in [9.17, 15) is 4.79 Å². The van der Waals surface area contributed by atoms with Gasteiger partial charge in [-0.3, -0.25) is 4.79 Å². The third-order valence-electron chi connectivity index (χ3n) is 5.33. The van der Waals surface area contributed by atoms with Gasteiger partial charge in [0.05, 0.1) is 0 Å². The first-order chi connectivity index (χ1) is 8.54. The first-order valence-electron chi connectivity index (χ1n) is 7.57. The van der Waals surface area contributed by atoms with Crippen LogP contribution in [0.4, 0.5) is 0 Å². The molecule has 0 aromatic rings. The zero-order valence-corrected chi connectivity index (χ0v) is 12.0. The lowest BCUT2D eigenvalue weighted by Gasteiger charge is -2.39. The van der Waals surface area contributed by atoms with E-state index in [0.29, 0.717) is 23.7 Å². The summed E-state index contributed by atoms with van der Waals surface area (Å²) >= 11 is 0. The van der Waals surface area contributed by atoms with Gasteiger partial charge in [0.15, 0.2) is 0 Å². The van der Waals surface area contributed by atoms with Crippen LogP contribution in [0.1, 0.15) is 58.8 Å². The Balaban J connectivity index is 1.80. The van der Waals surface area contributed by atoms with Gasteiger partial charge < -0.3 is 10.6 Å². The highest BCUT2D eigenvalue weighted by atomic mass is 16.2. The standard InChI is InChI=1S/C15H28N2O/c1-3-15(2)7-9-17(10-8-15)14(18)11-12-5-4-6-13(12)16/h12-13H,3-11,16H2,1-2H3/t12-,13+/m0/s1. The van der Waals surface area contributed by atoms with Gasteiger partial charge in [0.1, 0.15) is 0 Å². The van der Waals surface area contributed by atoms with Gasteiger partial charge in [0.2, 0.25) is 5.91 Å². The average molecular weight is 252 g/mol.